The van der Waals surface area contributed by atoms with Crippen molar-refractivity contribution in [3.63, 3.8) is 0 Å². The van der Waals surface area contributed by atoms with Crippen molar-refractivity contribution in [3.05, 3.63) is 0 Å². The van der Waals surface area contributed by atoms with Crippen LogP contribution in [0.3, 0.4) is 0 Å². The predicted octanol–water partition coefficient (Wildman–Crippen LogP) is -0.365. The highest BCUT2D eigenvalue weighted by Gasteiger charge is 2.36. The van der Waals surface area contributed by atoms with E-state index in [0.29, 0.717) is 0 Å². The van der Waals surface area contributed by atoms with Crippen LogP contribution in [0.1, 0.15) is 20.8 Å². The highest BCUT2D eigenvalue weighted by Crippen LogP contribution is 2.15. The average Bonchev–Trinajstić information content (AvgIpc) is 2.44. The number of hydrogen-bond acceptors (Lipinski definition) is 4. The summed E-state index contributed by atoms with van der Waals surface area (Å²) in [7, 11) is 0. The third kappa shape index (κ3) is 4.10. The second-order valence-corrected chi connectivity index (χ2v) is 5.07. The topological polar surface area (TPSA) is 105 Å². The Morgan fingerprint density at radius 2 is 2.00 bits per heavy atom. The molecule has 1 heterocycles. The first-order valence-corrected chi connectivity index (χ1v) is 5.41. The molecule has 0 aromatic heterocycles. The molecular formula is C10H19N3O4. The van der Waals surface area contributed by atoms with Gasteiger partial charge >= 0.3 is 12.1 Å². The molecule has 2 atom stereocenters. The molecule has 0 unspecified atom stereocenters. The molecule has 4 N–H and O–H groups in total. The number of nitrogens with zero attached hydrogens (tertiary/aromatic N) is 1. The normalized spacial score (nSPS) is 24.6. The van der Waals surface area contributed by atoms with Crippen molar-refractivity contribution < 1.29 is 19.4 Å². The number of ether oxygens (including phenoxy) is 1. The first-order valence-electron chi connectivity index (χ1n) is 5.41. The minimum atomic E-state index is -0.824. The number of hydrogen-bond donors (Lipinski definition) is 3. The third-order valence-corrected chi connectivity index (χ3v) is 2.27. The monoisotopic (exact) mass is 245 g/mol. The Kier molecular flexibility index (Phi) is 3.82. The van der Waals surface area contributed by atoms with Crippen LogP contribution in [0.2, 0.25) is 0 Å². The average molecular weight is 245 g/mol. The number of likely N-dealkylation sites (tertiary alicyclic amines) is 1. The molecule has 0 aromatic rings. The van der Waals surface area contributed by atoms with E-state index in [9.17, 15) is 14.7 Å². The largest absolute Gasteiger partial charge is 0.444 e. The summed E-state index contributed by atoms with van der Waals surface area (Å²) in [5.41, 5.74) is 4.38. The molecule has 1 rings (SSSR count). The van der Waals surface area contributed by atoms with Crippen molar-refractivity contribution in [3.8, 4) is 0 Å². The summed E-state index contributed by atoms with van der Waals surface area (Å²) >= 11 is 0. The van der Waals surface area contributed by atoms with E-state index in [4.69, 9.17) is 10.5 Å². The van der Waals surface area contributed by atoms with Crippen molar-refractivity contribution in [2.24, 2.45) is 5.73 Å². The van der Waals surface area contributed by atoms with Gasteiger partial charge in [0.25, 0.3) is 0 Å². The molecule has 7 heteroatoms. The van der Waals surface area contributed by atoms with Crippen LogP contribution < -0.4 is 11.1 Å². The molecule has 0 radical (unpaired) electrons. The smallest absolute Gasteiger partial charge is 0.410 e. The van der Waals surface area contributed by atoms with Crippen LogP contribution in [0.15, 0.2) is 0 Å². The minimum absolute atomic E-state index is 0.125. The third-order valence-electron chi connectivity index (χ3n) is 2.27. The van der Waals surface area contributed by atoms with E-state index < -0.39 is 29.9 Å². The maximum absolute atomic E-state index is 11.7. The molecule has 0 spiro atoms. The number of nitrogens with two attached hydrogens (primary N) is 1. The summed E-state index contributed by atoms with van der Waals surface area (Å²) in [4.78, 5) is 23.7. The van der Waals surface area contributed by atoms with E-state index >= 15 is 0 Å². The molecule has 3 amide bonds. The first-order chi connectivity index (χ1) is 7.69. The van der Waals surface area contributed by atoms with E-state index in [1.165, 1.54) is 4.90 Å². The van der Waals surface area contributed by atoms with Gasteiger partial charge in [-0.15, -0.1) is 0 Å². The lowest BCUT2D eigenvalue weighted by molar-refractivity contribution is 0.0270. The number of aliphatic hydroxyl groups is 1. The number of rotatable bonds is 1. The van der Waals surface area contributed by atoms with Gasteiger partial charge in [-0.2, -0.15) is 0 Å². The summed E-state index contributed by atoms with van der Waals surface area (Å²) in [6.45, 7) is 5.60. The number of amides is 3. The fourth-order valence-electron chi connectivity index (χ4n) is 1.59. The summed E-state index contributed by atoms with van der Waals surface area (Å²) in [6.07, 6.45) is -1.33. The Bertz CT molecular complexity index is 313. The highest BCUT2D eigenvalue weighted by atomic mass is 16.6. The molecule has 0 aliphatic carbocycles. The SMILES string of the molecule is CC(C)(C)OC(=O)N1C[C@H](NC(N)=O)[C@@H](O)C1. The number of aliphatic hydroxyl groups excluding tert-OH is 1. The molecule has 0 aromatic carbocycles. The van der Waals surface area contributed by atoms with Crippen molar-refractivity contribution in [1.29, 1.82) is 0 Å². The first kappa shape index (κ1) is 13.6. The Morgan fingerprint density at radius 1 is 1.41 bits per heavy atom. The highest BCUT2D eigenvalue weighted by molar-refractivity contribution is 5.73. The number of carbonyl (C=O) groups excluding carboxylic acids is 2. The van der Waals surface area contributed by atoms with Crippen molar-refractivity contribution in [2.75, 3.05) is 13.1 Å². The zero-order chi connectivity index (χ0) is 13.2. The molecule has 0 bridgehead atoms. The standard InChI is InChI=1S/C10H19N3O4/c1-10(2,3)17-9(16)13-4-6(7(14)5-13)12-8(11)15/h6-7,14H,4-5H2,1-3H3,(H3,11,12,15)/t6-,7-/m0/s1. The number of nitrogens with one attached hydrogen (secondary N) is 1. The zero-order valence-electron chi connectivity index (χ0n) is 10.3. The fourth-order valence-corrected chi connectivity index (χ4v) is 1.59. The van der Waals surface area contributed by atoms with Gasteiger partial charge in [0.1, 0.15) is 5.60 Å². The maximum atomic E-state index is 11.7. The quantitative estimate of drug-likeness (QED) is 0.586. The lowest BCUT2D eigenvalue weighted by Crippen LogP contribution is -2.45. The fraction of sp³-hybridized carbons (Fsp3) is 0.800. The second-order valence-electron chi connectivity index (χ2n) is 5.07. The van der Waals surface area contributed by atoms with Gasteiger partial charge in [-0.05, 0) is 20.8 Å². The lowest BCUT2D eigenvalue weighted by Gasteiger charge is -2.24. The Morgan fingerprint density at radius 3 is 2.47 bits per heavy atom. The van der Waals surface area contributed by atoms with Gasteiger partial charge < -0.3 is 25.8 Å². The van der Waals surface area contributed by atoms with Gasteiger partial charge in [0.2, 0.25) is 0 Å². The van der Waals surface area contributed by atoms with E-state index in [0.717, 1.165) is 0 Å². The van der Waals surface area contributed by atoms with Gasteiger partial charge in [0, 0.05) is 6.54 Å². The Hall–Kier alpha value is -1.50. The molecule has 1 fully saturated rings. The van der Waals surface area contributed by atoms with E-state index in [2.05, 4.69) is 5.32 Å². The van der Waals surface area contributed by atoms with Crippen LogP contribution in [0.25, 0.3) is 0 Å². The van der Waals surface area contributed by atoms with Crippen LogP contribution >= 0.6 is 0 Å². The summed E-state index contributed by atoms with van der Waals surface area (Å²) in [5, 5.41) is 12.0. The summed E-state index contributed by atoms with van der Waals surface area (Å²) in [5.74, 6) is 0. The van der Waals surface area contributed by atoms with Crippen LogP contribution in [-0.4, -0.2) is 53.0 Å². The number of β-amino-alcohol motifs (C(OH)–C–C–N with tert-alkyl or cyclic N) is 1. The van der Waals surface area contributed by atoms with Crippen LogP contribution in [0.5, 0.6) is 0 Å². The van der Waals surface area contributed by atoms with Crippen molar-refractivity contribution in [1.82, 2.24) is 10.2 Å². The molecule has 0 saturated carbocycles. The van der Waals surface area contributed by atoms with Gasteiger partial charge in [-0.1, -0.05) is 0 Å². The Balaban J connectivity index is 2.53. The molecule has 98 valence electrons. The van der Waals surface area contributed by atoms with Gasteiger partial charge in [-0.3, -0.25) is 0 Å². The Labute approximate surface area is 99.9 Å². The number of urea groups is 1. The maximum Gasteiger partial charge on any atom is 0.410 e. The summed E-state index contributed by atoms with van der Waals surface area (Å²) in [6, 6.07) is -1.26. The van der Waals surface area contributed by atoms with Crippen LogP contribution in [0, 0.1) is 0 Å². The molecule has 7 nitrogen and oxygen atoms in total. The molecular weight excluding hydrogens is 226 g/mol. The second kappa shape index (κ2) is 4.79. The molecule has 1 saturated heterocycles. The number of primary amides is 1. The van der Waals surface area contributed by atoms with Crippen LogP contribution in [0.4, 0.5) is 9.59 Å². The molecule has 1 aliphatic heterocycles. The number of carbonyl (C=O) groups is 2. The zero-order valence-corrected chi connectivity index (χ0v) is 10.3. The van der Waals surface area contributed by atoms with E-state index in [1.54, 1.807) is 20.8 Å². The lowest BCUT2D eigenvalue weighted by atomic mass is 10.2. The van der Waals surface area contributed by atoms with Gasteiger partial charge in [0.05, 0.1) is 18.7 Å². The van der Waals surface area contributed by atoms with Crippen LogP contribution in [-0.2, 0) is 4.74 Å². The van der Waals surface area contributed by atoms with Gasteiger partial charge in [-0.25, -0.2) is 9.59 Å². The van der Waals surface area contributed by atoms with E-state index in [1.807, 2.05) is 0 Å². The van der Waals surface area contributed by atoms with Crippen molar-refractivity contribution in [2.45, 2.75) is 38.5 Å². The van der Waals surface area contributed by atoms with Crippen molar-refractivity contribution >= 4 is 12.1 Å². The summed E-state index contributed by atoms with van der Waals surface area (Å²) < 4.78 is 5.16. The molecule has 1 aliphatic rings. The van der Waals surface area contributed by atoms with E-state index in [-0.39, 0.29) is 13.1 Å². The van der Waals surface area contributed by atoms with Gasteiger partial charge in [0.15, 0.2) is 0 Å². The minimum Gasteiger partial charge on any atom is -0.444 e. The predicted molar refractivity (Wildman–Crippen MR) is 60.3 cm³/mol. The molecule has 17 heavy (non-hydrogen) atoms.